The molecule has 1 aliphatic carbocycles. The van der Waals surface area contributed by atoms with Crippen LogP contribution in [0.15, 0.2) is 231 Å². The lowest BCUT2D eigenvalue weighted by atomic mass is 9.87. The molecule has 1 heteroatoms. The smallest absolute Gasteiger partial charge is 0.0462 e. The molecule has 1 aliphatic rings. The minimum atomic E-state index is 0.377. The van der Waals surface area contributed by atoms with Gasteiger partial charge in [-0.1, -0.05) is 188 Å². The molecular weight excluding hydrogens is 687 g/mol. The number of allylic oxidation sites excluding steroid dienone is 4. The summed E-state index contributed by atoms with van der Waals surface area (Å²) in [6.07, 6.45) is 9.93. The Morgan fingerprint density at radius 1 is 0.351 bits per heavy atom. The summed E-state index contributed by atoms with van der Waals surface area (Å²) in [6, 6.07) is 75.3. The molecule has 0 N–H and O–H groups in total. The molecule has 0 aliphatic heterocycles. The van der Waals surface area contributed by atoms with Crippen LogP contribution in [0, 0.1) is 0 Å². The number of nitrogens with zero attached hydrogens (tertiary/aromatic N) is 1. The Morgan fingerprint density at radius 3 is 1.35 bits per heavy atom. The van der Waals surface area contributed by atoms with E-state index in [0.29, 0.717) is 5.92 Å². The number of anilines is 3. The summed E-state index contributed by atoms with van der Waals surface area (Å²) in [5, 5.41) is 5.03. The Hall–Kier alpha value is -7.22. The Morgan fingerprint density at radius 2 is 0.825 bits per heavy atom. The molecule has 0 saturated carbocycles. The maximum Gasteiger partial charge on any atom is 0.0462 e. The van der Waals surface area contributed by atoms with Gasteiger partial charge in [0.2, 0.25) is 0 Å². The SMILES string of the molecule is C1=CCC(c2ccc(-c3ccccc3)c(-c3ccc(N(c4ccc(-c5cccc6ccccc56)cc4)c4ccc(-c5cccc6ccccc56)cc4)cc3)c2)C=C1. The summed E-state index contributed by atoms with van der Waals surface area (Å²) >= 11 is 0. The Balaban J connectivity index is 1.06. The topological polar surface area (TPSA) is 3.24 Å². The van der Waals surface area contributed by atoms with Crippen LogP contribution in [0.3, 0.4) is 0 Å². The van der Waals surface area contributed by atoms with Crippen LogP contribution in [-0.2, 0) is 0 Å². The van der Waals surface area contributed by atoms with Crippen molar-refractivity contribution in [2.75, 3.05) is 4.90 Å². The zero-order chi connectivity index (χ0) is 38.0. The van der Waals surface area contributed by atoms with Crippen molar-refractivity contribution in [1.82, 2.24) is 0 Å². The van der Waals surface area contributed by atoms with Crippen LogP contribution < -0.4 is 4.90 Å². The zero-order valence-electron chi connectivity index (χ0n) is 31.7. The highest BCUT2D eigenvalue weighted by atomic mass is 15.1. The number of hydrogen-bond acceptors (Lipinski definition) is 1. The molecule has 0 heterocycles. The standard InChI is InChI=1S/C56H41N/c1-3-13-40(14-4-1)47-31-38-55(41-15-5-2-6-16-41)56(39-47)46-29-36-50(37-30-46)57(48-32-25-44(26-33-48)53-23-11-19-42-17-7-9-21-51(42)53)49-34-27-45(28-35-49)54-24-12-20-43-18-8-10-22-52(43)54/h1-13,15-40H,14H2. The van der Waals surface area contributed by atoms with Crippen molar-refractivity contribution in [1.29, 1.82) is 0 Å². The van der Waals surface area contributed by atoms with Gasteiger partial charge in [0.05, 0.1) is 0 Å². The van der Waals surface area contributed by atoms with Crippen LogP contribution in [-0.4, -0.2) is 0 Å². The third-order valence-corrected chi connectivity index (χ3v) is 11.4. The van der Waals surface area contributed by atoms with Crippen LogP contribution >= 0.6 is 0 Å². The lowest BCUT2D eigenvalue weighted by Gasteiger charge is -2.26. The van der Waals surface area contributed by atoms with Crippen molar-refractivity contribution in [2.24, 2.45) is 0 Å². The van der Waals surface area contributed by atoms with Crippen LogP contribution in [0.2, 0.25) is 0 Å². The van der Waals surface area contributed by atoms with Crippen LogP contribution in [0.25, 0.3) is 66.1 Å². The van der Waals surface area contributed by atoms with E-state index in [-0.39, 0.29) is 0 Å². The van der Waals surface area contributed by atoms with E-state index in [1.165, 1.54) is 71.6 Å². The predicted octanol–water partition coefficient (Wildman–Crippen LogP) is 15.7. The largest absolute Gasteiger partial charge is 0.311 e. The number of benzene rings is 9. The van der Waals surface area contributed by atoms with Crippen LogP contribution in [0.4, 0.5) is 17.1 Å². The van der Waals surface area contributed by atoms with Crippen molar-refractivity contribution >= 4 is 38.6 Å². The molecule has 9 aromatic rings. The Labute approximate surface area is 335 Å². The average molecular weight is 728 g/mol. The van der Waals surface area contributed by atoms with Crippen molar-refractivity contribution < 1.29 is 0 Å². The second-order valence-corrected chi connectivity index (χ2v) is 14.9. The highest BCUT2D eigenvalue weighted by Crippen LogP contribution is 2.41. The summed E-state index contributed by atoms with van der Waals surface area (Å²) in [6.45, 7) is 0. The first-order chi connectivity index (χ1) is 28.3. The number of rotatable bonds is 8. The summed E-state index contributed by atoms with van der Waals surface area (Å²) in [5.41, 5.74) is 14.5. The van der Waals surface area contributed by atoms with E-state index < -0.39 is 0 Å². The highest BCUT2D eigenvalue weighted by Gasteiger charge is 2.17. The summed E-state index contributed by atoms with van der Waals surface area (Å²) in [7, 11) is 0. The fourth-order valence-corrected chi connectivity index (χ4v) is 8.50. The lowest BCUT2D eigenvalue weighted by molar-refractivity contribution is 0.854. The molecule has 270 valence electrons. The van der Waals surface area contributed by atoms with Crippen molar-refractivity contribution in [3.05, 3.63) is 236 Å². The second kappa shape index (κ2) is 15.1. The van der Waals surface area contributed by atoms with Gasteiger partial charge in [-0.25, -0.2) is 0 Å². The maximum atomic E-state index is 2.40. The summed E-state index contributed by atoms with van der Waals surface area (Å²) < 4.78 is 0. The molecule has 0 radical (unpaired) electrons. The molecule has 0 bridgehead atoms. The van der Waals surface area contributed by atoms with Gasteiger partial charge in [0.25, 0.3) is 0 Å². The van der Waals surface area contributed by atoms with E-state index in [0.717, 1.165) is 23.5 Å². The number of hydrogen-bond donors (Lipinski definition) is 0. The Kier molecular flexibility index (Phi) is 9.10. The zero-order valence-corrected chi connectivity index (χ0v) is 31.7. The third-order valence-electron chi connectivity index (χ3n) is 11.4. The molecule has 0 saturated heterocycles. The molecule has 0 spiro atoms. The van der Waals surface area contributed by atoms with Crippen LogP contribution in [0.5, 0.6) is 0 Å². The molecular formula is C56H41N. The van der Waals surface area contributed by atoms with E-state index in [9.17, 15) is 0 Å². The highest BCUT2D eigenvalue weighted by molar-refractivity contribution is 5.98. The van der Waals surface area contributed by atoms with E-state index in [1.807, 2.05) is 0 Å². The van der Waals surface area contributed by atoms with Crippen molar-refractivity contribution in [3.8, 4) is 44.5 Å². The molecule has 0 fully saturated rings. The van der Waals surface area contributed by atoms with Crippen LogP contribution in [0.1, 0.15) is 17.9 Å². The predicted molar refractivity (Wildman–Crippen MR) is 244 cm³/mol. The van der Waals surface area contributed by atoms with Gasteiger partial charge < -0.3 is 4.90 Å². The Bertz CT molecular complexity index is 2770. The molecule has 9 aromatic carbocycles. The first kappa shape index (κ1) is 34.3. The maximum absolute atomic E-state index is 2.40. The fourth-order valence-electron chi connectivity index (χ4n) is 8.50. The fraction of sp³-hybridized carbons (Fsp3) is 0.0357. The minimum absolute atomic E-state index is 0.377. The minimum Gasteiger partial charge on any atom is -0.311 e. The molecule has 0 amide bonds. The van der Waals surface area contributed by atoms with Gasteiger partial charge in [-0.2, -0.15) is 0 Å². The number of fused-ring (bicyclic) bond motifs is 2. The van der Waals surface area contributed by atoms with Gasteiger partial charge in [0, 0.05) is 23.0 Å². The first-order valence-corrected chi connectivity index (χ1v) is 19.9. The third kappa shape index (κ3) is 6.75. The molecule has 1 atom stereocenters. The van der Waals surface area contributed by atoms with Crippen molar-refractivity contribution in [3.63, 3.8) is 0 Å². The molecule has 0 aromatic heterocycles. The van der Waals surface area contributed by atoms with Gasteiger partial charge >= 0.3 is 0 Å². The summed E-state index contributed by atoms with van der Waals surface area (Å²) in [5.74, 6) is 0.377. The monoisotopic (exact) mass is 727 g/mol. The van der Waals surface area contributed by atoms with E-state index in [1.54, 1.807) is 0 Å². The average Bonchev–Trinajstić information content (AvgIpc) is 3.30. The van der Waals surface area contributed by atoms with Gasteiger partial charge in [0.15, 0.2) is 0 Å². The molecule has 1 unspecified atom stereocenters. The van der Waals surface area contributed by atoms with Gasteiger partial charge in [-0.05, 0) is 121 Å². The van der Waals surface area contributed by atoms with Crippen molar-refractivity contribution in [2.45, 2.75) is 12.3 Å². The normalized spacial score (nSPS) is 13.6. The van der Waals surface area contributed by atoms with Gasteiger partial charge in [-0.3, -0.25) is 0 Å². The van der Waals surface area contributed by atoms with E-state index in [2.05, 4.69) is 235 Å². The lowest BCUT2D eigenvalue weighted by Crippen LogP contribution is -2.09. The quantitative estimate of drug-likeness (QED) is 0.151. The molecule has 57 heavy (non-hydrogen) atoms. The van der Waals surface area contributed by atoms with E-state index in [4.69, 9.17) is 0 Å². The van der Waals surface area contributed by atoms with Gasteiger partial charge in [0.1, 0.15) is 0 Å². The second-order valence-electron chi connectivity index (χ2n) is 14.9. The molecule has 10 rings (SSSR count). The summed E-state index contributed by atoms with van der Waals surface area (Å²) in [4.78, 5) is 2.37. The van der Waals surface area contributed by atoms with E-state index >= 15 is 0 Å². The first-order valence-electron chi connectivity index (χ1n) is 19.9. The van der Waals surface area contributed by atoms with Gasteiger partial charge in [-0.15, -0.1) is 0 Å². The molecule has 1 nitrogen and oxygen atoms in total.